The lowest BCUT2D eigenvalue weighted by Gasteiger charge is -2.27. The number of nitrogens with zero attached hydrogens (tertiary/aromatic N) is 2. The van der Waals surface area contributed by atoms with Gasteiger partial charge < -0.3 is 5.32 Å². The number of nitrogens with one attached hydrogen (secondary N) is 2. The Balaban J connectivity index is 2.42. The molecule has 6 nitrogen and oxygen atoms in total. The van der Waals surface area contributed by atoms with E-state index in [0.717, 1.165) is 12.8 Å². The van der Waals surface area contributed by atoms with Crippen LogP contribution in [0.3, 0.4) is 0 Å². The Morgan fingerprint density at radius 3 is 2.80 bits per heavy atom. The molecule has 2 N–H and O–H groups in total. The molecule has 1 aromatic rings. The molecule has 2 rings (SSSR count). The number of H-pyrrole nitrogens is 1. The van der Waals surface area contributed by atoms with E-state index in [4.69, 9.17) is 0 Å². The summed E-state index contributed by atoms with van der Waals surface area (Å²) >= 11 is 0. The van der Waals surface area contributed by atoms with Gasteiger partial charge in [-0.25, -0.2) is 8.42 Å². The molecule has 2 heterocycles. The predicted molar refractivity (Wildman–Crippen MR) is 77.8 cm³/mol. The zero-order valence-corrected chi connectivity index (χ0v) is 13.4. The van der Waals surface area contributed by atoms with E-state index in [1.807, 2.05) is 0 Å². The van der Waals surface area contributed by atoms with Crippen LogP contribution in [0.1, 0.15) is 38.1 Å². The smallest absolute Gasteiger partial charge is 0.247 e. The van der Waals surface area contributed by atoms with E-state index in [1.165, 1.54) is 0 Å². The summed E-state index contributed by atoms with van der Waals surface area (Å²) in [7, 11) is -1.69. The third-order valence-corrected chi connectivity index (χ3v) is 6.02. The molecule has 20 heavy (non-hydrogen) atoms. The van der Waals surface area contributed by atoms with E-state index < -0.39 is 10.0 Å². The number of rotatable bonds is 5. The van der Waals surface area contributed by atoms with E-state index in [2.05, 4.69) is 29.4 Å². The standard InChI is InChI=1S/C13H24N4O2S/c1-9(2)12-6-5-7-17(12)20(18,19)13-10(3)15-16-11(13)8-14-4/h9,12,14H,5-8H2,1-4H3,(H,15,16). The van der Waals surface area contributed by atoms with Crippen molar-refractivity contribution in [1.82, 2.24) is 19.8 Å². The van der Waals surface area contributed by atoms with Crippen LogP contribution in [0.5, 0.6) is 0 Å². The van der Waals surface area contributed by atoms with Gasteiger partial charge >= 0.3 is 0 Å². The van der Waals surface area contributed by atoms with Crippen molar-refractivity contribution in [1.29, 1.82) is 0 Å². The number of hydrogen-bond donors (Lipinski definition) is 2. The summed E-state index contributed by atoms with van der Waals surface area (Å²) in [4.78, 5) is 0.347. The van der Waals surface area contributed by atoms with E-state index in [-0.39, 0.29) is 6.04 Å². The topological polar surface area (TPSA) is 78.1 Å². The largest absolute Gasteiger partial charge is 0.314 e. The van der Waals surface area contributed by atoms with Crippen LogP contribution in [0.2, 0.25) is 0 Å². The van der Waals surface area contributed by atoms with Crippen molar-refractivity contribution in [3.05, 3.63) is 11.4 Å². The Morgan fingerprint density at radius 1 is 1.50 bits per heavy atom. The third kappa shape index (κ3) is 2.62. The maximum atomic E-state index is 13.0. The maximum absolute atomic E-state index is 13.0. The van der Waals surface area contributed by atoms with Crippen molar-refractivity contribution < 1.29 is 8.42 Å². The van der Waals surface area contributed by atoms with Crippen LogP contribution in [-0.4, -0.2) is 42.6 Å². The Kier molecular flexibility index (Phi) is 4.51. The maximum Gasteiger partial charge on any atom is 0.247 e. The van der Waals surface area contributed by atoms with Crippen molar-refractivity contribution >= 4 is 10.0 Å². The van der Waals surface area contributed by atoms with Gasteiger partial charge in [-0.1, -0.05) is 13.8 Å². The van der Waals surface area contributed by atoms with E-state index in [9.17, 15) is 8.42 Å². The highest BCUT2D eigenvalue weighted by Gasteiger charge is 2.39. The van der Waals surface area contributed by atoms with Crippen LogP contribution in [-0.2, 0) is 16.6 Å². The molecule has 1 saturated heterocycles. The fourth-order valence-electron chi connectivity index (χ4n) is 2.95. The van der Waals surface area contributed by atoms with Gasteiger partial charge in [-0.2, -0.15) is 9.40 Å². The molecule has 0 bridgehead atoms. The number of sulfonamides is 1. The highest BCUT2D eigenvalue weighted by Crippen LogP contribution is 2.32. The second kappa shape index (κ2) is 5.83. The van der Waals surface area contributed by atoms with Gasteiger partial charge in [0.2, 0.25) is 10.0 Å². The van der Waals surface area contributed by atoms with Crippen LogP contribution in [0.15, 0.2) is 4.90 Å². The summed E-state index contributed by atoms with van der Waals surface area (Å²) in [6.07, 6.45) is 1.87. The van der Waals surface area contributed by atoms with Gasteiger partial charge in [-0.15, -0.1) is 0 Å². The molecule has 0 saturated carbocycles. The molecular formula is C13H24N4O2S. The monoisotopic (exact) mass is 300 g/mol. The predicted octanol–water partition coefficient (Wildman–Crippen LogP) is 1.25. The fourth-order valence-corrected chi connectivity index (χ4v) is 5.10. The first-order chi connectivity index (χ1) is 9.39. The molecule has 0 spiro atoms. The zero-order chi connectivity index (χ0) is 14.9. The molecule has 1 aliphatic heterocycles. The highest BCUT2D eigenvalue weighted by molar-refractivity contribution is 7.89. The number of aromatic nitrogens is 2. The second-order valence-electron chi connectivity index (χ2n) is 5.72. The van der Waals surface area contributed by atoms with E-state index in [0.29, 0.717) is 35.3 Å². The molecule has 1 fully saturated rings. The summed E-state index contributed by atoms with van der Waals surface area (Å²) < 4.78 is 27.6. The van der Waals surface area contributed by atoms with Gasteiger partial charge in [-0.05, 0) is 32.7 Å². The molecule has 114 valence electrons. The molecule has 0 radical (unpaired) electrons. The normalized spacial score (nSPS) is 20.9. The molecule has 1 aromatic heterocycles. The van der Waals surface area contributed by atoms with Gasteiger partial charge in [0.15, 0.2) is 0 Å². The highest BCUT2D eigenvalue weighted by atomic mass is 32.2. The fraction of sp³-hybridized carbons (Fsp3) is 0.769. The van der Waals surface area contributed by atoms with Crippen molar-refractivity contribution in [2.45, 2.75) is 51.1 Å². The Hall–Kier alpha value is -0.920. The van der Waals surface area contributed by atoms with E-state index >= 15 is 0 Å². The van der Waals surface area contributed by atoms with Gasteiger partial charge in [0.1, 0.15) is 4.90 Å². The Morgan fingerprint density at radius 2 is 2.20 bits per heavy atom. The van der Waals surface area contributed by atoms with Crippen LogP contribution in [0.4, 0.5) is 0 Å². The van der Waals surface area contributed by atoms with Crippen LogP contribution >= 0.6 is 0 Å². The summed E-state index contributed by atoms with van der Waals surface area (Å²) in [6.45, 7) is 6.97. The molecule has 1 atom stereocenters. The molecule has 0 aliphatic carbocycles. The molecule has 0 amide bonds. The lowest BCUT2D eigenvalue weighted by atomic mass is 10.0. The molecule has 0 aromatic carbocycles. The van der Waals surface area contributed by atoms with Gasteiger partial charge in [0.05, 0.1) is 11.4 Å². The number of aromatic amines is 1. The molecule has 7 heteroatoms. The van der Waals surface area contributed by atoms with Crippen LogP contribution < -0.4 is 5.32 Å². The lowest BCUT2D eigenvalue weighted by Crippen LogP contribution is -2.39. The number of aryl methyl sites for hydroxylation is 1. The van der Waals surface area contributed by atoms with Gasteiger partial charge in [0.25, 0.3) is 0 Å². The minimum atomic E-state index is -3.47. The number of hydrogen-bond acceptors (Lipinski definition) is 4. The first-order valence-corrected chi connectivity index (χ1v) is 8.54. The van der Waals surface area contributed by atoms with Crippen LogP contribution in [0.25, 0.3) is 0 Å². The average Bonchev–Trinajstić information content (AvgIpc) is 2.97. The first-order valence-electron chi connectivity index (χ1n) is 7.10. The minimum absolute atomic E-state index is 0.0942. The SMILES string of the molecule is CNCc1n[nH]c(C)c1S(=O)(=O)N1CCCC1C(C)C. The van der Waals surface area contributed by atoms with Crippen LogP contribution in [0, 0.1) is 12.8 Å². The summed E-state index contributed by atoms with van der Waals surface area (Å²) in [5, 5.41) is 9.89. The average molecular weight is 300 g/mol. The molecule has 1 unspecified atom stereocenters. The van der Waals surface area contributed by atoms with Crippen molar-refractivity contribution in [3.63, 3.8) is 0 Å². The summed E-state index contributed by atoms with van der Waals surface area (Å²) in [6, 6.07) is 0.0942. The van der Waals surface area contributed by atoms with Crippen molar-refractivity contribution in [2.24, 2.45) is 5.92 Å². The third-order valence-electron chi connectivity index (χ3n) is 3.89. The zero-order valence-electron chi connectivity index (χ0n) is 12.6. The van der Waals surface area contributed by atoms with E-state index in [1.54, 1.807) is 18.3 Å². The van der Waals surface area contributed by atoms with Gasteiger partial charge in [-0.3, -0.25) is 5.10 Å². The second-order valence-corrected chi connectivity index (χ2v) is 7.55. The summed E-state index contributed by atoms with van der Waals surface area (Å²) in [5.41, 5.74) is 1.18. The molecule has 1 aliphatic rings. The Labute approximate surface area is 121 Å². The van der Waals surface area contributed by atoms with Crippen molar-refractivity contribution in [3.8, 4) is 0 Å². The summed E-state index contributed by atoms with van der Waals surface area (Å²) in [5.74, 6) is 0.326. The molecular weight excluding hydrogens is 276 g/mol. The van der Waals surface area contributed by atoms with Crippen molar-refractivity contribution in [2.75, 3.05) is 13.6 Å². The first kappa shape index (κ1) is 15.5. The quantitative estimate of drug-likeness (QED) is 0.858. The van der Waals surface area contributed by atoms with Gasteiger partial charge in [0, 0.05) is 19.1 Å². The minimum Gasteiger partial charge on any atom is -0.314 e. The lowest BCUT2D eigenvalue weighted by molar-refractivity contribution is 0.315. The Bertz CT molecular complexity index is 565.